The zero-order chi connectivity index (χ0) is 22.6. The second-order valence-electron chi connectivity index (χ2n) is 8.60. The van der Waals surface area contributed by atoms with Gasteiger partial charge in [0.2, 0.25) is 0 Å². The Labute approximate surface area is 182 Å². The lowest BCUT2D eigenvalue weighted by Crippen LogP contribution is -2.50. The molecule has 3 fully saturated rings. The number of para-hydroxylation sites is 1. The van der Waals surface area contributed by atoms with E-state index in [-0.39, 0.29) is 23.0 Å². The van der Waals surface area contributed by atoms with Crippen molar-refractivity contribution in [2.45, 2.75) is 25.8 Å². The Kier molecular flexibility index (Phi) is 4.76. The van der Waals surface area contributed by atoms with E-state index < -0.39 is 52.5 Å². The van der Waals surface area contributed by atoms with Gasteiger partial charge in [-0.1, -0.05) is 30.3 Å². The van der Waals surface area contributed by atoms with Crippen molar-refractivity contribution in [3.05, 3.63) is 75.6 Å². The quantitative estimate of drug-likeness (QED) is 0.406. The van der Waals surface area contributed by atoms with Crippen molar-refractivity contribution in [1.29, 1.82) is 0 Å². The molecule has 2 aromatic carbocycles. The van der Waals surface area contributed by atoms with Crippen molar-refractivity contribution in [3.63, 3.8) is 0 Å². The summed E-state index contributed by atoms with van der Waals surface area (Å²) in [6, 6.07) is 11.1. The number of imide groups is 1. The lowest BCUT2D eigenvalue weighted by atomic mass is 9.81. The predicted molar refractivity (Wildman–Crippen MR) is 109 cm³/mol. The van der Waals surface area contributed by atoms with Crippen LogP contribution in [-0.2, 0) is 16.1 Å². The number of nitrogens with zero attached hydrogens (tertiary/aromatic N) is 3. The largest absolute Gasteiger partial charge is 0.282 e. The van der Waals surface area contributed by atoms with Crippen molar-refractivity contribution >= 4 is 23.4 Å². The highest BCUT2D eigenvalue weighted by Gasteiger charge is 2.62. The maximum absolute atomic E-state index is 14.4. The molecular formula is C23H20FN3O5. The summed E-state index contributed by atoms with van der Waals surface area (Å²) in [5, 5.41) is 13.2. The standard InChI is InChI=1S/C23H20FN3O5/c24-17-7-3-1-5-15(17)12-25(21(28)16-6-2-4-8-18(16)27(31)32)26-22(29)19-13-9-10-14(11-13)20(19)23(26)30/h1-8,13-14,19-20H,9-12H2/t13-,14-,19-,20+/m0/s1. The Bertz CT molecular complexity index is 1120. The van der Waals surface area contributed by atoms with Gasteiger partial charge in [-0.2, -0.15) is 5.01 Å². The van der Waals surface area contributed by atoms with E-state index >= 15 is 0 Å². The molecule has 0 aromatic heterocycles. The van der Waals surface area contributed by atoms with Gasteiger partial charge < -0.3 is 0 Å². The summed E-state index contributed by atoms with van der Waals surface area (Å²) >= 11 is 0. The Morgan fingerprint density at radius 3 is 2.25 bits per heavy atom. The molecule has 0 radical (unpaired) electrons. The van der Waals surface area contributed by atoms with Crippen LogP contribution in [0.15, 0.2) is 48.5 Å². The van der Waals surface area contributed by atoms with Crippen LogP contribution in [0.5, 0.6) is 0 Å². The first kappa shape index (κ1) is 20.3. The van der Waals surface area contributed by atoms with Gasteiger partial charge in [-0.25, -0.2) is 9.40 Å². The Hall–Kier alpha value is -3.62. The highest BCUT2D eigenvalue weighted by molar-refractivity contribution is 6.09. The van der Waals surface area contributed by atoms with Gasteiger partial charge in [0, 0.05) is 11.6 Å². The van der Waals surface area contributed by atoms with Gasteiger partial charge >= 0.3 is 0 Å². The average Bonchev–Trinajstić information content (AvgIpc) is 3.47. The maximum atomic E-state index is 14.4. The van der Waals surface area contributed by atoms with E-state index in [4.69, 9.17) is 0 Å². The highest BCUT2D eigenvalue weighted by atomic mass is 19.1. The van der Waals surface area contributed by atoms with Crippen molar-refractivity contribution in [2.24, 2.45) is 23.7 Å². The summed E-state index contributed by atoms with van der Waals surface area (Å²) in [6.45, 7) is -0.399. The van der Waals surface area contributed by atoms with E-state index in [0.29, 0.717) is 0 Å². The van der Waals surface area contributed by atoms with E-state index in [1.54, 1.807) is 6.07 Å². The van der Waals surface area contributed by atoms with Crippen LogP contribution < -0.4 is 0 Å². The Balaban J connectivity index is 1.57. The molecule has 164 valence electrons. The van der Waals surface area contributed by atoms with Crippen molar-refractivity contribution in [1.82, 2.24) is 10.0 Å². The van der Waals surface area contributed by atoms with E-state index in [2.05, 4.69) is 0 Å². The number of fused-ring (bicyclic) bond motifs is 5. The molecule has 4 atom stereocenters. The minimum Gasteiger partial charge on any atom is -0.272 e. The van der Waals surface area contributed by atoms with Gasteiger partial charge in [0.25, 0.3) is 23.4 Å². The normalized spacial score (nSPS) is 25.8. The smallest absolute Gasteiger partial charge is 0.272 e. The highest BCUT2D eigenvalue weighted by Crippen LogP contribution is 2.56. The number of nitro groups is 1. The van der Waals surface area contributed by atoms with Crippen molar-refractivity contribution in [3.8, 4) is 0 Å². The first-order chi connectivity index (χ1) is 15.4. The number of halogens is 1. The van der Waals surface area contributed by atoms with E-state index in [9.17, 15) is 28.9 Å². The minimum absolute atomic E-state index is 0.0973. The number of carbonyl (C=O) groups excluding carboxylic acids is 3. The number of carbonyl (C=O) groups is 3. The number of hydrazine groups is 1. The second kappa shape index (κ2) is 7.51. The molecule has 2 saturated carbocycles. The van der Waals surface area contributed by atoms with Gasteiger partial charge in [0.1, 0.15) is 11.4 Å². The van der Waals surface area contributed by atoms with Crippen LogP contribution in [0.1, 0.15) is 35.2 Å². The predicted octanol–water partition coefficient (Wildman–Crippen LogP) is 3.32. The number of benzene rings is 2. The molecule has 5 rings (SSSR count). The maximum Gasteiger partial charge on any atom is 0.282 e. The average molecular weight is 437 g/mol. The summed E-state index contributed by atoms with van der Waals surface area (Å²) < 4.78 is 14.4. The molecule has 3 amide bonds. The third-order valence-electron chi connectivity index (χ3n) is 6.99. The summed E-state index contributed by atoms with van der Waals surface area (Å²) in [5.74, 6) is -3.22. The van der Waals surface area contributed by atoms with Gasteiger partial charge in [0.15, 0.2) is 0 Å². The van der Waals surface area contributed by atoms with E-state index in [0.717, 1.165) is 29.3 Å². The number of hydrogen-bond acceptors (Lipinski definition) is 5. The van der Waals surface area contributed by atoms with Crippen LogP contribution in [0.4, 0.5) is 10.1 Å². The fraction of sp³-hybridized carbons (Fsp3) is 0.348. The van der Waals surface area contributed by atoms with Crippen LogP contribution >= 0.6 is 0 Å². The van der Waals surface area contributed by atoms with Crippen LogP contribution in [0, 0.1) is 39.6 Å². The van der Waals surface area contributed by atoms with Crippen LogP contribution in [-0.4, -0.2) is 32.7 Å². The molecule has 1 heterocycles. The van der Waals surface area contributed by atoms with Crippen LogP contribution in [0.25, 0.3) is 0 Å². The first-order valence-corrected chi connectivity index (χ1v) is 10.5. The molecule has 2 aromatic rings. The third-order valence-corrected chi connectivity index (χ3v) is 6.99. The summed E-state index contributed by atoms with van der Waals surface area (Å²) in [4.78, 5) is 51.0. The number of hydrogen-bond donors (Lipinski definition) is 0. The lowest BCUT2D eigenvalue weighted by molar-refractivity contribution is -0.385. The van der Waals surface area contributed by atoms with Gasteiger partial charge in [-0.05, 0) is 43.2 Å². The van der Waals surface area contributed by atoms with Crippen LogP contribution in [0.2, 0.25) is 0 Å². The summed E-state index contributed by atoms with van der Waals surface area (Å²) in [7, 11) is 0. The van der Waals surface area contributed by atoms with Gasteiger partial charge in [-0.15, -0.1) is 0 Å². The molecule has 3 aliphatic rings. The number of amides is 3. The lowest BCUT2D eigenvalue weighted by Gasteiger charge is -2.31. The van der Waals surface area contributed by atoms with Crippen LogP contribution in [0.3, 0.4) is 0 Å². The molecule has 32 heavy (non-hydrogen) atoms. The molecular weight excluding hydrogens is 417 g/mol. The van der Waals surface area contributed by atoms with E-state index in [1.807, 2.05) is 0 Å². The van der Waals surface area contributed by atoms with Crippen molar-refractivity contribution < 1.29 is 23.7 Å². The SMILES string of the molecule is O=C(c1ccccc1[N+](=O)[O-])N(Cc1ccccc1F)N1C(=O)[C@@H]2[C@H]3CC[C@@H](C3)[C@@H]2C1=O. The Morgan fingerprint density at radius 1 is 1.03 bits per heavy atom. The first-order valence-electron chi connectivity index (χ1n) is 10.5. The van der Waals surface area contributed by atoms with E-state index in [1.165, 1.54) is 42.5 Å². The van der Waals surface area contributed by atoms with Gasteiger partial charge in [0.05, 0.1) is 23.3 Å². The zero-order valence-electron chi connectivity index (χ0n) is 17.0. The molecule has 2 bridgehead atoms. The number of rotatable bonds is 5. The topological polar surface area (TPSA) is 101 Å². The fourth-order valence-electron chi connectivity index (χ4n) is 5.60. The zero-order valence-corrected chi connectivity index (χ0v) is 17.0. The molecule has 0 spiro atoms. The fourth-order valence-corrected chi connectivity index (χ4v) is 5.60. The molecule has 9 heteroatoms. The molecule has 8 nitrogen and oxygen atoms in total. The monoisotopic (exact) mass is 437 g/mol. The van der Waals surface area contributed by atoms with Gasteiger partial charge in [-0.3, -0.25) is 24.5 Å². The molecule has 0 N–H and O–H groups in total. The summed E-state index contributed by atoms with van der Waals surface area (Å²) in [5.41, 5.74) is -0.620. The molecule has 1 saturated heterocycles. The molecule has 2 aliphatic carbocycles. The molecule has 0 unspecified atom stereocenters. The number of nitro benzene ring substituents is 1. The second-order valence-corrected chi connectivity index (χ2v) is 8.60. The molecule has 1 aliphatic heterocycles. The van der Waals surface area contributed by atoms with Crippen molar-refractivity contribution in [2.75, 3.05) is 0 Å². The third kappa shape index (κ3) is 2.99. The summed E-state index contributed by atoms with van der Waals surface area (Å²) in [6.07, 6.45) is 2.56. The minimum atomic E-state index is -0.894. The Morgan fingerprint density at radius 2 is 1.62 bits per heavy atom.